The van der Waals surface area contributed by atoms with Crippen molar-refractivity contribution < 1.29 is 105 Å². The monoisotopic (exact) mass is 1550 g/mol. The summed E-state index contributed by atoms with van der Waals surface area (Å²) in [5, 5.41) is 20.2. The summed E-state index contributed by atoms with van der Waals surface area (Å²) in [6, 6.07) is 26.6. The maximum atomic E-state index is 14.7. The van der Waals surface area contributed by atoms with Crippen molar-refractivity contribution in [1.82, 2.24) is 29.9 Å². The molecule has 0 radical (unpaired) electrons. The second kappa shape index (κ2) is 33.2. The summed E-state index contributed by atoms with van der Waals surface area (Å²) in [7, 11) is 1.46. The van der Waals surface area contributed by atoms with Crippen molar-refractivity contribution in [2.75, 3.05) is 52.2 Å². The number of methoxy groups -OCH3 is 1. The summed E-state index contributed by atoms with van der Waals surface area (Å²) >= 11 is 16.6. The zero-order chi connectivity index (χ0) is 77.1. The quantitative estimate of drug-likeness (QED) is 0.0350. The topological polar surface area (TPSA) is 267 Å². The minimum Gasteiger partial charge on any atom is -0.480 e. The van der Waals surface area contributed by atoms with Crippen LogP contribution in [0.5, 0.6) is 46.3 Å². The van der Waals surface area contributed by atoms with E-state index in [0.29, 0.717) is 69.0 Å². The van der Waals surface area contributed by atoms with Gasteiger partial charge >= 0.3 is 36.6 Å². The number of hydrogen-bond acceptors (Lipinski definition) is 15. The number of benzene rings is 9. The molecule has 9 aromatic carbocycles. The summed E-state index contributed by atoms with van der Waals surface area (Å²) in [6.07, 6.45) is -8.47. The molecule has 0 bridgehead atoms. The first kappa shape index (κ1) is 77.3. The number of anilines is 6. The SMILES string of the molecule is COc1cnc2ccc(Oc3ccc(NC(=O)Nc4ccc(Cl)c(C(F)(F)F)c4)cc3F)cc2n1.O=C(Nc1ccc(Cl)c(C(F)(F)F)c1)Nc1cc(F)c(Oc2ccc3nccnc3c2)c(F)c1F.O=C(Nc1ccc(Oc2ccc3ncc(OCCO)nc3c2)c(F)c1)Nc1ccc(Cl)c(C(F)(F)F)c1. The van der Waals surface area contributed by atoms with Crippen LogP contribution in [0.1, 0.15) is 16.7 Å². The third-order valence-corrected chi connectivity index (χ3v) is 15.0. The number of carbonyl (C=O) groups is 3. The first-order valence-electron chi connectivity index (χ1n) is 29.9. The van der Waals surface area contributed by atoms with Crippen LogP contribution in [0.25, 0.3) is 33.1 Å². The number of ether oxygens (including phenoxy) is 5. The average molecular weight is 1560 g/mol. The molecule has 7 N–H and O–H groups in total. The van der Waals surface area contributed by atoms with Gasteiger partial charge in [0, 0.05) is 77.2 Å². The van der Waals surface area contributed by atoms with Gasteiger partial charge in [-0.05, 0) is 115 Å². The standard InChI is InChI=1S/C24H17ClF4N4O4.C23H15ClF4N4O3.C22H11ClF6N4O2/c25-17-4-1-13(9-16(17)24(27,28)29)31-23(35)32-14-2-6-21(18(26)10-14)37-15-3-5-19-20(11-15)33-22(12-30-19)36-8-7-34;1-34-21-11-29-18-6-4-14(10-19(18)32-21)35-20-7-3-13(9-17(20)25)31-22(33)30-12-2-5-16(24)15(8-12)23(26,27)28;23-13-3-1-10(7-12(13)22(27,28)29)32-21(34)33-17-9-14(24)20(19(26)18(17)25)35-11-2-4-15-16(8-11)31-6-5-30-15/h1-6,9-12,34H,7-8H2,(H2,31,32,35);2-11H,1H3,(H2,30,31,33);1-9H,(H2,32,33,34). The number of amides is 6. The molecule has 21 nitrogen and oxygen atoms in total. The normalized spacial score (nSPS) is 11.3. The van der Waals surface area contributed by atoms with Crippen molar-refractivity contribution in [3.8, 4) is 46.3 Å². The van der Waals surface area contributed by atoms with Crippen LogP contribution >= 0.6 is 34.8 Å². The first-order valence-corrected chi connectivity index (χ1v) is 31.1. The fraction of sp³-hybridized carbons (Fsp3) is 0.0870. The Kier molecular flexibility index (Phi) is 24.0. The molecule has 107 heavy (non-hydrogen) atoms. The minimum absolute atomic E-state index is 0.0300. The molecular formula is C69H43Cl3F14N12O9. The Morgan fingerprint density at radius 3 is 1.21 bits per heavy atom. The number of halogens is 17. The van der Waals surface area contributed by atoms with Gasteiger partial charge in [-0.1, -0.05) is 34.8 Å². The molecule has 0 unspecified atom stereocenters. The molecule has 38 heteroatoms. The molecule has 0 aliphatic carbocycles. The highest BCUT2D eigenvalue weighted by molar-refractivity contribution is 6.32. The van der Waals surface area contributed by atoms with E-state index in [9.17, 15) is 75.8 Å². The minimum atomic E-state index is -4.79. The van der Waals surface area contributed by atoms with Gasteiger partial charge in [-0.25, -0.2) is 51.9 Å². The Morgan fingerprint density at radius 2 is 0.785 bits per heavy atom. The van der Waals surface area contributed by atoms with E-state index in [1.165, 1.54) is 92.6 Å². The third kappa shape index (κ3) is 20.3. The summed E-state index contributed by atoms with van der Waals surface area (Å²) < 4.78 is 216. The lowest BCUT2D eigenvalue weighted by molar-refractivity contribution is -0.138. The van der Waals surface area contributed by atoms with Gasteiger partial charge in [0.05, 0.1) is 96.7 Å². The van der Waals surface area contributed by atoms with Crippen LogP contribution in [-0.4, -0.2) is 73.4 Å². The van der Waals surface area contributed by atoms with Gasteiger partial charge < -0.3 is 60.7 Å². The highest BCUT2D eigenvalue weighted by Gasteiger charge is 2.36. The number of aliphatic hydroxyl groups is 1. The Labute approximate surface area is 606 Å². The van der Waals surface area contributed by atoms with Crippen LogP contribution < -0.4 is 55.6 Å². The Balaban J connectivity index is 0.000000172. The maximum Gasteiger partial charge on any atom is 0.417 e. The van der Waals surface area contributed by atoms with E-state index in [1.54, 1.807) is 30.3 Å². The number of fused-ring (bicyclic) bond motifs is 3. The van der Waals surface area contributed by atoms with Crippen LogP contribution in [0.15, 0.2) is 176 Å². The van der Waals surface area contributed by atoms with E-state index in [1.807, 2.05) is 10.6 Å². The van der Waals surface area contributed by atoms with Crippen molar-refractivity contribution in [2.24, 2.45) is 0 Å². The molecule has 0 saturated carbocycles. The molecule has 0 saturated heterocycles. The van der Waals surface area contributed by atoms with Crippen molar-refractivity contribution in [3.05, 3.63) is 237 Å². The van der Waals surface area contributed by atoms with Crippen molar-refractivity contribution >= 4 is 120 Å². The van der Waals surface area contributed by atoms with Gasteiger partial charge in [-0.3, -0.25) is 9.97 Å². The predicted molar refractivity (Wildman–Crippen MR) is 364 cm³/mol. The number of aromatic nitrogens is 6. The maximum absolute atomic E-state index is 14.7. The second-order valence-corrected chi connectivity index (χ2v) is 22.7. The summed E-state index contributed by atoms with van der Waals surface area (Å²) in [5.41, 5.74) is -2.03. The molecule has 12 rings (SSSR count). The summed E-state index contributed by atoms with van der Waals surface area (Å²) in [5.74, 6) is -6.73. The van der Waals surface area contributed by atoms with Crippen LogP contribution in [0.4, 0.5) is 110 Å². The van der Waals surface area contributed by atoms with Crippen LogP contribution in [0.3, 0.4) is 0 Å². The Hall–Kier alpha value is -12.3. The summed E-state index contributed by atoms with van der Waals surface area (Å²) in [4.78, 5) is 61.4. The first-order chi connectivity index (χ1) is 50.8. The number of carbonyl (C=O) groups excluding carboxylic acids is 3. The molecule has 3 aromatic heterocycles. The lowest BCUT2D eigenvalue weighted by atomic mass is 10.2. The van der Waals surface area contributed by atoms with E-state index in [-0.39, 0.29) is 70.5 Å². The van der Waals surface area contributed by atoms with Crippen LogP contribution in [-0.2, 0) is 18.5 Å². The van der Waals surface area contributed by atoms with Gasteiger partial charge in [0.15, 0.2) is 34.8 Å². The number of nitrogens with one attached hydrogen (secondary N) is 6. The molecule has 552 valence electrons. The van der Waals surface area contributed by atoms with E-state index in [2.05, 4.69) is 51.2 Å². The molecular weight excluding hydrogens is 1510 g/mol. The van der Waals surface area contributed by atoms with E-state index >= 15 is 0 Å². The van der Waals surface area contributed by atoms with Gasteiger partial charge in [-0.2, -0.15) is 43.9 Å². The predicted octanol–water partition coefficient (Wildman–Crippen LogP) is 20.3. The van der Waals surface area contributed by atoms with E-state index < -0.39 is 109 Å². The van der Waals surface area contributed by atoms with Crippen LogP contribution in [0, 0.1) is 29.1 Å². The third-order valence-electron chi connectivity index (χ3n) is 14.0. The largest absolute Gasteiger partial charge is 0.480 e. The molecule has 12 aromatic rings. The second-order valence-electron chi connectivity index (χ2n) is 21.5. The Bertz CT molecular complexity index is 5350. The van der Waals surface area contributed by atoms with Gasteiger partial charge in [0.25, 0.3) is 0 Å². The fourth-order valence-corrected chi connectivity index (χ4v) is 9.86. The molecule has 0 aliphatic heterocycles. The molecule has 0 atom stereocenters. The van der Waals surface area contributed by atoms with Crippen molar-refractivity contribution in [2.45, 2.75) is 18.5 Å². The zero-order valence-electron chi connectivity index (χ0n) is 53.5. The number of rotatable bonds is 16. The highest BCUT2D eigenvalue weighted by atomic mass is 35.5. The van der Waals surface area contributed by atoms with E-state index in [0.717, 1.165) is 36.4 Å². The van der Waals surface area contributed by atoms with Crippen molar-refractivity contribution in [1.29, 1.82) is 0 Å². The molecule has 6 amide bonds. The van der Waals surface area contributed by atoms with Gasteiger partial charge in [0.2, 0.25) is 23.3 Å². The smallest absolute Gasteiger partial charge is 0.417 e. The molecule has 0 spiro atoms. The Morgan fingerprint density at radius 1 is 0.411 bits per heavy atom. The number of aliphatic hydroxyl groups excluding tert-OH is 1. The van der Waals surface area contributed by atoms with Crippen molar-refractivity contribution in [3.63, 3.8) is 0 Å². The number of urea groups is 3. The summed E-state index contributed by atoms with van der Waals surface area (Å²) in [6.45, 7) is -0.136. The lowest BCUT2D eigenvalue weighted by Crippen LogP contribution is -2.21. The molecule has 0 fully saturated rings. The van der Waals surface area contributed by atoms with Crippen LogP contribution in [0.2, 0.25) is 15.1 Å². The van der Waals surface area contributed by atoms with Gasteiger partial charge in [0.1, 0.15) is 23.9 Å². The number of hydrogen-bond donors (Lipinski definition) is 7. The average Bonchev–Trinajstić information content (AvgIpc) is 0.802. The number of nitrogens with zero attached hydrogens (tertiary/aromatic N) is 6. The highest BCUT2D eigenvalue weighted by Crippen LogP contribution is 2.41. The fourth-order valence-electron chi connectivity index (χ4n) is 9.19. The molecule has 3 heterocycles. The van der Waals surface area contributed by atoms with E-state index in [4.69, 9.17) is 63.6 Å². The zero-order valence-corrected chi connectivity index (χ0v) is 55.7. The lowest BCUT2D eigenvalue weighted by Gasteiger charge is -2.14. The molecule has 0 aliphatic rings. The van der Waals surface area contributed by atoms with Gasteiger partial charge in [-0.15, -0.1) is 0 Å². The number of alkyl halides is 9.